The molecule has 2 N–H and O–H groups in total. The molecule has 0 saturated heterocycles. The van der Waals surface area contributed by atoms with Crippen LogP contribution in [0.5, 0.6) is 5.75 Å². The molecule has 15 heavy (non-hydrogen) atoms. The van der Waals surface area contributed by atoms with Gasteiger partial charge in [0.2, 0.25) is 0 Å². The maximum atomic E-state index is 13.4. The van der Waals surface area contributed by atoms with Crippen LogP contribution in [0.2, 0.25) is 0 Å². The van der Waals surface area contributed by atoms with E-state index in [9.17, 15) is 4.39 Å². The van der Waals surface area contributed by atoms with Gasteiger partial charge < -0.3 is 10.5 Å². The Balaban J connectivity index is 2.79. The molecule has 82 valence electrons. The molecule has 4 heteroatoms. The Labute approximate surface area is 94.2 Å². The summed E-state index contributed by atoms with van der Waals surface area (Å²) in [5.41, 5.74) is 5.89. The highest BCUT2D eigenvalue weighted by Gasteiger charge is 2.06. The molecule has 0 bridgehead atoms. The zero-order valence-corrected chi connectivity index (χ0v) is 9.60. The van der Waals surface area contributed by atoms with Crippen LogP contribution in [-0.4, -0.2) is 11.6 Å². The number of nitrogens with two attached hydrogens (primary N) is 1. The fraction of sp³-hybridized carbons (Fsp3) is 0.364. The third kappa shape index (κ3) is 3.47. The first kappa shape index (κ1) is 11.9. The van der Waals surface area contributed by atoms with Crippen molar-refractivity contribution in [3.05, 3.63) is 29.6 Å². The lowest BCUT2D eigenvalue weighted by Crippen LogP contribution is -2.10. The minimum absolute atomic E-state index is 0.185. The monoisotopic (exact) mass is 227 g/mol. The van der Waals surface area contributed by atoms with E-state index < -0.39 is 5.82 Å². The number of rotatable bonds is 4. The molecule has 0 spiro atoms. The van der Waals surface area contributed by atoms with Crippen molar-refractivity contribution in [1.29, 1.82) is 0 Å². The van der Waals surface area contributed by atoms with E-state index in [0.29, 0.717) is 18.1 Å². The first-order valence-electron chi connectivity index (χ1n) is 4.73. The highest BCUT2D eigenvalue weighted by molar-refractivity contribution is 7.80. The summed E-state index contributed by atoms with van der Waals surface area (Å²) in [6, 6.07) is 4.49. The van der Waals surface area contributed by atoms with Gasteiger partial charge in [0.15, 0.2) is 11.6 Å². The van der Waals surface area contributed by atoms with Gasteiger partial charge in [-0.3, -0.25) is 0 Å². The summed E-state index contributed by atoms with van der Waals surface area (Å²) in [5, 5.41) is 0. The average Bonchev–Trinajstić information content (AvgIpc) is 2.15. The summed E-state index contributed by atoms with van der Waals surface area (Å²) in [4.78, 5) is 0.185. The lowest BCUT2D eigenvalue weighted by Gasteiger charge is -2.10. The third-order valence-corrected chi connectivity index (χ3v) is 2.02. The van der Waals surface area contributed by atoms with Gasteiger partial charge in [-0.25, -0.2) is 4.39 Å². The van der Waals surface area contributed by atoms with Gasteiger partial charge in [0.05, 0.1) is 6.61 Å². The van der Waals surface area contributed by atoms with E-state index in [1.807, 2.05) is 13.8 Å². The summed E-state index contributed by atoms with van der Waals surface area (Å²) in [6.07, 6.45) is 0. The number of thiocarbonyl (C=S) groups is 1. The fourth-order valence-electron chi connectivity index (χ4n) is 1.03. The second-order valence-corrected chi connectivity index (χ2v) is 4.15. The van der Waals surface area contributed by atoms with Gasteiger partial charge in [0.1, 0.15) is 4.99 Å². The number of hydrogen-bond donors (Lipinski definition) is 1. The van der Waals surface area contributed by atoms with Crippen LogP contribution in [0, 0.1) is 11.7 Å². The average molecular weight is 227 g/mol. The zero-order chi connectivity index (χ0) is 11.4. The number of halogens is 1. The van der Waals surface area contributed by atoms with Crippen molar-refractivity contribution in [3.8, 4) is 5.75 Å². The molecule has 2 nitrogen and oxygen atoms in total. The highest BCUT2D eigenvalue weighted by atomic mass is 32.1. The van der Waals surface area contributed by atoms with E-state index in [-0.39, 0.29) is 10.7 Å². The van der Waals surface area contributed by atoms with Crippen LogP contribution in [0.25, 0.3) is 0 Å². The molecule has 0 aliphatic heterocycles. The predicted molar refractivity (Wildman–Crippen MR) is 62.6 cm³/mol. The molecule has 0 aliphatic rings. The molecule has 0 fully saturated rings. The second-order valence-electron chi connectivity index (χ2n) is 3.71. The summed E-state index contributed by atoms with van der Waals surface area (Å²) in [6.45, 7) is 4.49. The Morgan fingerprint density at radius 1 is 1.53 bits per heavy atom. The van der Waals surface area contributed by atoms with Crippen LogP contribution < -0.4 is 10.5 Å². The third-order valence-electron chi connectivity index (χ3n) is 1.79. The minimum atomic E-state index is -0.430. The van der Waals surface area contributed by atoms with Crippen LogP contribution in [0.15, 0.2) is 18.2 Å². The molecule has 0 aromatic heterocycles. The summed E-state index contributed by atoms with van der Waals surface area (Å²) in [7, 11) is 0. The lowest BCUT2D eigenvalue weighted by atomic mass is 10.2. The molecule has 1 aromatic carbocycles. The van der Waals surface area contributed by atoms with Crippen molar-refractivity contribution in [3.63, 3.8) is 0 Å². The first-order valence-corrected chi connectivity index (χ1v) is 5.13. The van der Waals surface area contributed by atoms with Crippen LogP contribution >= 0.6 is 12.2 Å². The van der Waals surface area contributed by atoms with Crippen molar-refractivity contribution in [2.45, 2.75) is 13.8 Å². The van der Waals surface area contributed by atoms with Crippen molar-refractivity contribution >= 4 is 17.2 Å². The van der Waals surface area contributed by atoms with Gasteiger partial charge >= 0.3 is 0 Å². The number of benzene rings is 1. The van der Waals surface area contributed by atoms with E-state index in [1.54, 1.807) is 12.1 Å². The van der Waals surface area contributed by atoms with Gasteiger partial charge in [0, 0.05) is 5.56 Å². The topological polar surface area (TPSA) is 35.2 Å². The molecule has 1 aromatic rings. The highest BCUT2D eigenvalue weighted by Crippen LogP contribution is 2.18. The quantitative estimate of drug-likeness (QED) is 0.803. The van der Waals surface area contributed by atoms with Gasteiger partial charge in [-0.2, -0.15) is 0 Å². The van der Waals surface area contributed by atoms with Crippen molar-refractivity contribution in [2.75, 3.05) is 6.61 Å². The van der Waals surface area contributed by atoms with Crippen LogP contribution in [-0.2, 0) is 0 Å². The Hall–Kier alpha value is -1.16. The summed E-state index contributed by atoms with van der Waals surface area (Å²) >= 11 is 4.74. The molecule has 0 atom stereocenters. The molecule has 0 radical (unpaired) electrons. The van der Waals surface area contributed by atoms with Crippen LogP contribution in [0.4, 0.5) is 4.39 Å². The largest absolute Gasteiger partial charge is 0.490 e. The predicted octanol–water partition coefficient (Wildman–Crippen LogP) is 2.49. The molecule has 0 unspecified atom stereocenters. The maximum Gasteiger partial charge on any atom is 0.165 e. The van der Waals surface area contributed by atoms with E-state index in [1.165, 1.54) is 6.07 Å². The molecule has 0 heterocycles. The normalized spacial score (nSPS) is 10.4. The van der Waals surface area contributed by atoms with Gasteiger partial charge in [-0.05, 0) is 24.1 Å². The minimum Gasteiger partial charge on any atom is -0.490 e. The van der Waals surface area contributed by atoms with Crippen molar-refractivity contribution < 1.29 is 9.13 Å². The van der Waals surface area contributed by atoms with E-state index in [4.69, 9.17) is 22.7 Å². The summed E-state index contributed by atoms with van der Waals surface area (Å²) in [5.74, 6) is 0.171. The smallest absolute Gasteiger partial charge is 0.165 e. The fourth-order valence-corrected chi connectivity index (χ4v) is 1.15. The van der Waals surface area contributed by atoms with E-state index in [0.717, 1.165) is 0 Å². The second kappa shape index (κ2) is 5.07. The molecule has 0 amide bonds. The molecular weight excluding hydrogens is 213 g/mol. The van der Waals surface area contributed by atoms with Crippen molar-refractivity contribution in [1.82, 2.24) is 0 Å². The standard InChI is InChI=1S/C11H14FNOS/c1-7(2)6-14-10-4-3-8(11(13)15)5-9(10)12/h3-5,7H,6H2,1-2H3,(H2,13,15). The van der Waals surface area contributed by atoms with Crippen LogP contribution in [0.3, 0.4) is 0 Å². The Bertz CT molecular complexity index is 366. The van der Waals surface area contributed by atoms with Crippen molar-refractivity contribution in [2.24, 2.45) is 11.7 Å². The number of hydrogen-bond acceptors (Lipinski definition) is 2. The van der Waals surface area contributed by atoms with E-state index >= 15 is 0 Å². The Morgan fingerprint density at radius 2 is 2.20 bits per heavy atom. The zero-order valence-electron chi connectivity index (χ0n) is 8.79. The molecule has 0 aliphatic carbocycles. The van der Waals surface area contributed by atoms with E-state index in [2.05, 4.69) is 0 Å². The molecular formula is C11H14FNOS. The first-order chi connectivity index (χ1) is 7.00. The lowest BCUT2D eigenvalue weighted by molar-refractivity contribution is 0.259. The maximum absolute atomic E-state index is 13.4. The SMILES string of the molecule is CC(C)COc1ccc(C(N)=S)cc1F. The van der Waals surface area contributed by atoms with Gasteiger partial charge in [0.25, 0.3) is 0 Å². The van der Waals surface area contributed by atoms with Gasteiger partial charge in [-0.1, -0.05) is 26.1 Å². The van der Waals surface area contributed by atoms with Crippen LogP contribution in [0.1, 0.15) is 19.4 Å². The number of ether oxygens (including phenoxy) is 1. The summed E-state index contributed by atoms with van der Waals surface area (Å²) < 4.78 is 18.7. The Kier molecular flexibility index (Phi) is 4.03. The Morgan fingerprint density at radius 3 is 2.67 bits per heavy atom. The molecule has 0 saturated carbocycles. The molecule has 1 rings (SSSR count). The van der Waals surface area contributed by atoms with Gasteiger partial charge in [-0.15, -0.1) is 0 Å².